The predicted octanol–water partition coefficient (Wildman–Crippen LogP) is 2.72. The van der Waals surface area contributed by atoms with Gasteiger partial charge < -0.3 is 14.4 Å². The molecule has 1 aromatic rings. The van der Waals surface area contributed by atoms with Crippen LogP contribution in [0.25, 0.3) is 0 Å². The van der Waals surface area contributed by atoms with Crippen LogP contribution in [0.15, 0.2) is 16.8 Å². The second-order valence-corrected chi connectivity index (χ2v) is 7.07. The van der Waals surface area contributed by atoms with E-state index in [-0.39, 0.29) is 11.5 Å². The van der Waals surface area contributed by atoms with Crippen molar-refractivity contribution in [2.75, 3.05) is 32.9 Å². The van der Waals surface area contributed by atoms with Crippen molar-refractivity contribution in [3.63, 3.8) is 0 Å². The van der Waals surface area contributed by atoms with Gasteiger partial charge in [-0.25, -0.2) is 0 Å². The first kappa shape index (κ1) is 16.0. The third-order valence-corrected chi connectivity index (χ3v) is 5.65. The highest BCUT2D eigenvalue weighted by Crippen LogP contribution is 2.41. The van der Waals surface area contributed by atoms with E-state index in [0.29, 0.717) is 25.5 Å². The molecule has 0 bridgehead atoms. The molecule has 2 heterocycles. The fourth-order valence-electron chi connectivity index (χ4n) is 3.71. The van der Waals surface area contributed by atoms with Gasteiger partial charge in [-0.3, -0.25) is 4.79 Å². The summed E-state index contributed by atoms with van der Waals surface area (Å²) >= 11 is 1.64. The van der Waals surface area contributed by atoms with E-state index >= 15 is 0 Å². The van der Waals surface area contributed by atoms with Crippen molar-refractivity contribution in [3.05, 3.63) is 22.4 Å². The number of amides is 1. The number of thiophene rings is 1. The van der Waals surface area contributed by atoms with E-state index in [1.165, 1.54) is 6.42 Å². The van der Waals surface area contributed by atoms with Crippen LogP contribution in [0, 0.1) is 5.92 Å². The normalized spacial score (nSPS) is 28.4. The van der Waals surface area contributed by atoms with Crippen molar-refractivity contribution < 1.29 is 14.3 Å². The largest absolute Gasteiger partial charge is 0.381 e. The monoisotopic (exact) mass is 323 g/mol. The van der Waals surface area contributed by atoms with Gasteiger partial charge in [0.05, 0.1) is 31.8 Å². The predicted molar refractivity (Wildman–Crippen MR) is 87.1 cm³/mol. The Balaban J connectivity index is 1.64. The molecule has 122 valence electrons. The zero-order valence-electron chi connectivity index (χ0n) is 13.3. The van der Waals surface area contributed by atoms with Gasteiger partial charge in [0, 0.05) is 19.1 Å². The Morgan fingerprint density at radius 2 is 2.50 bits per heavy atom. The van der Waals surface area contributed by atoms with Gasteiger partial charge in [-0.05, 0) is 42.2 Å². The maximum atomic E-state index is 12.6. The number of ether oxygens (including phenoxy) is 2. The molecular formula is C17H25NO3S. The number of morpholine rings is 1. The second kappa shape index (κ2) is 7.11. The molecule has 1 saturated heterocycles. The molecule has 1 spiro atoms. The highest BCUT2D eigenvalue weighted by Gasteiger charge is 2.47. The first-order chi connectivity index (χ1) is 10.7. The molecule has 22 heavy (non-hydrogen) atoms. The van der Waals surface area contributed by atoms with E-state index in [1.54, 1.807) is 11.3 Å². The standard InChI is InChI=1S/C17H25NO3S/c1-2-20-11-15-4-3-6-17(15)13-18(7-8-21-17)16(19)10-14-5-9-22-12-14/h5,9,12,15H,2-4,6-8,10-11,13H2,1H3/t15-,17-/m0/s1. The molecule has 2 atom stereocenters. The molecule has 2 aliphatic rings. The van der Waals surface area contributed by atoms with E-state index < -0.39 is 0 Å². The molecule has 2 fully saturated rings. The van der Waals surface area contributed by atoms with Crippen LogP contribution in [0.5, 0.6) is 0 Å². The van der Waals surface area contributed by atoms with E-state index in [4.69, 9.17) is 9.47 Å². The topological polar surface area (TPSA) is 38.8 Å². The number of carbonyl (C=O) groups is 1. The smallest absolute Gasteiger partial charge is 0.227 e. The van der Waals surface area contributed by atoms with Crippen molar-refractivity contribution in [1.29, 1.82) is 0 Å². The number of nitrogens with zero attached hydrogens (tertiary/aromatic N) is 1. The highest BCUT2D eigenvalue weighted by atomic mass is 32.1. The van der Waals surface area contributed by atoms with Gasteiger partial charge >= 0.3 is 0 Å². The average molecular weight is 323 g/mol. The van der Waals surface area contributed by atoms with Crippen molar-refractivity contribution in [2.24, 2.45) is 5.92 Å². The molecule has 0 N–H and O–H groups in total. The van der Waals surface area contributed by atoms with E-state index in [1.807, 2.05) is 23.3 Å². The quantitative estimate of drug-likeness (QED) is 0.836. The number of hydrogen-bond donors (Lipinski definition) is 0. The lowest BCUT2D eigenvalue weighted by molar-refractivity contribution is -0.161. The zero-order valence-corrected chi connectivity index (χ0v) is 14.1. The molecule has 0 aromatic carbocycles. The van der Waals surface area contributed by atoms with Crippen LogP contribution in [0.3, 0.4) is 0 Å². The summed E-state index contributed by atoms with van der Waals surface area (Å²) in [5.41, 5.74) is 0.949. The van der Waals surface area contributed by atoms with E-state index in [2.05, 4.69) is 5.38 Å². The summed E-state index contributed by atoms with van der Waals surface area (Å²) in [7, 11) is 0. The Morgan fingerprint density at radius 3 is 3.27 bits per heavy atom. The van der Waals surface area contributed by atoms with Crippen LogP contribution in [-0.2, 0) is 20.7 Å². The summed E-state index contributed by atoms with van der Waals surface area (Å²) in [5.74, 6) is 0.646. The Bertz CT molecular complexity index is 490. The third-order valence-electron chi connectivity index (χ3n) is 4.92. The number of rotatable bonds is 5. The third kappa shape index (κ3) is 3.36. The minimum absolute atomic E-state index is 0.169. The van der Waals surface area contributed by atoms with Crippen LogP contribution in [0.2, 0.25) is 0 Å². The first-order valence-electron chi connectivity index (χ1n) is 8.24. The molecule has 5 heteroatoms. The molecule has 0 radical (unpaired) electrons. The minimum atomic E-state index is -0.169. The molecule has 4 nitrogen and oxygen atoms in total. The summed E-state index contributed by atoms with van der Waals surface area (Å²) in [6.07, 6.45) is 3.87. The Morgan fingerprint density at radius 1 is 1.59 bits per heavy atom. The van der Waals surface area contributed by atoms with Crippen LogP contribution < -0.4 is 0 Å². The summed E-state index contributed by atoms with van der Waals surface area (Å²) in [4.78, 5) is 14.6. The zero-order chi connectivity index (χ0) is 15.4. The summed E-state index contributed by atoms with van der Waals surface area (Å²) < 4.78 is 11.8. The highest BCUT2D eigenvalue weighted by molar-refractivity contribution is 7.07. The Kier molecular flexibility index (Phi) is 5.16. The number of carbonyl (C=O) groups excluding carboxylic acids is 1. The molecule has 1 aliphatic heterocycles. The first-order valence-corrected chi connectivity index (χ1v) is 9.18. The molecular weight excluding hydrogens is 298 g/mol. The minimum Gasteiger partial charge on any atom is -0.381 e. The maximum absolute atomic E-state index is 12.6. The summed E-state index contributed by atoms with van der Waals surface area (Å²) in [6.45, 7) is 5.62. The average Bonchev–Trinajstić information content (AvgIpc) is 3.16. The van der Waals surface area contributed by atoms with Crippen molar-refractivity contribution >= 4 is 17.2 Å². The Labute approximate surface area is 136 Å². The lowest BCUT2D eigenvalue weighted by Gasteiger charge is -2.44. The maximum Gasteiger partial charge on any atom is 0.227 e. The molecule has 1 amide bonds. The van der Waals surface area contributed by atoms with Gasteiger partial charge in [0.15, 0.2) is 0 Å². The molecule has 1 aromatic heterocycles. The molecule has 1 saturated carbocycles. The van der Waals surface area contributed by atoms with Crippen LogP contribution in [-0.4, -0.2) is 49.3 Å². The summed E-state index contributed by atoms with van der Waals surface area (Å²) in [6, 6.07) is 2.03. The fourth-order valence-corrected chi connectivity index (χ4v) is 4.38. The Hall–Kier alpha value is -0.910. The molecule has 3 rings (SSSR count). The molecule has 1 aliphatic carbocycles. The van der Waals surface area contributed by atoms with Crippen LogP contribution >= 0.6 is 11.3 Å². The van der Waals surface area contributed by atoms with Crippen molar-refractivity contribution in [1.82, 2.24) is 4.90 Å². The SMILES string of the molecule is CCOC[C@@H]1CCC[C@]12CN(C(=O)Cc1ccsc1)CCO2. The van der Waals surface area contributed by atoms with Gasteiger partial charge in [-0.1, -0.05) is 6.42 Å². The van der Waals surface area contributed by atoms with Gasteiger partial charge in [0.1, 0.15) is 0 Å². The van der Waals surface area contributed by atoms with Gasteiger partial charge in [0.25, 0.3) is 0 Å². The lowest BCUT2D eigenvalue weighted by Crippen LogP contribution is -2.56. The summed E-state index contributed by atoms with van der Waals surface area (Å²) in [5, 5.41) is 4.08. The van der Waals surface area contributed by atoms with Crippen molar-refractivity contribution in [3.8, 4) is 0 Å². The molecule has 0 unspecified atom stereocenters. The van der Waals surface area contributed by atoms with Crippen LogP contribution in [0.1, 0.15) is 31.7 Å². The number of hydrogen-bond acceptors (Lipinski definition) is 4. The van der Waals surface area contributed by atoms with Gasteiger partial charge in [0.2, 0.25) is 5.91 Å². The van der Waals surface area contributed by atoms with Crippen LogP contribution in [0.4, 0.5) is 0 Å². The van der Waals surface area contributed by atoms with Gasteiger partial charge in [-0.2, -0.15) is 11.3 Å². The van der Waals surface area contributed by atoms with E-state index in [0.717, 1.165) is 38.2 Å². The lowest BCUT2D eigenvalue weighted by atomic mass is 9.89. The van der Waals surface area contributed by atoms with E-state index in [9.17, 15) is 4.79 Å². The van der Waals surface area contributed by atoms with Gasteiger partial charge in [-0.15, -0.1) is 0 Å². The van der Waals surface area contributed by atoms with Crippen molar-refractivity contribution in [2.45, 2.75) is 38.2 Å². The second-order valence-electron chi connectivity index (χ2n) is 6.29. The fraction of sp³-hybridized carbons (Fsp3) is 0.706.